The SMILES string of the molecule is COc1ccc(CN(C(=O)CN2CCC(C(N)=O)CC2)[C@@H](C)Cc2cccs2)cc1. The van der Waals surface area contributed by atoms with Gasteiger partial charge in [0.2, 0.25) is 11.8 Å². The molecule has 0 bridgehead atoms. The molecule has 1 aromatic carbocycles. The first-order valence-electron chi connectivity index (χ1n) is 10.4. The Hall–Kier alpha value is -2.38. The average molecular weight is 430 g/mol. The minimum atomic E-state index is -0.230. The van der Waals surface area contributed by atoms with E-state index < -0.39 is 0 Å². The predicted octanol–water partition coefficient (Wildman–Crippen LogP) is 2.91. The van der Waals surface area contributed by atoms with Gasteiger partial charge in [-0.15, -0.1) is 11.3 Å². The molecule has 1 fully saturated rings. The highest BCUT2D eigenvalue weighted by Crippen LogP contribution is 2.20. The molecule has 30 heavy (non-hydrogen) atoms. The van der Waals surface area contributed by atoms with Crippen LogP contribution in [0.3, 0.4) is 0 Å². The van der Waals surface area contributed by atoms with E-state index >= 15 is 0 Å². The number of nitrogens with zero attached hydrogens (tertiary/aromatic N) is 2. The number of carbonyl (C=O) groups excluding carboxylic acids is 2. The van der Waals surface area contributed by atoms with Gasteiger partial charge >= 0.3 is 0 Å². The fourth-order valence-corrected chi connectivity index (χ4v) is 4.73. The van der Waals surface area contributed by atoms with Crippen LogP contribution >= 0.6 is 11.3 Å². The van der Waals surface area contributed by atoms with Gasteiger partial charge in [-0.2, -0.15) is 0 Å². The van der Waals surface area contributed by atoms with Crippen molar-refractivity contribution >= 4 is 23.2 Å². The largest absolute Gasteiger partial charge is 0.497 e. The maximum atomic E-state index is 13.3. The van der Waals surface area contributed by atoms with Crippen LogP contribution in [0.2, 0.25) is 0 Å². The van der Waals surface area contributed by atoms with Crippen LogP contribution in [0, 0.1) is 5.92 Å². The third-order valence-corrected chi connectivity index (χ3v) is 6.69. The molecule has 1 aromatic heterocycles. The number of rotatable bonds is 9. The molecule has 0 spiro atoms. The van der Waals surface area contributed by atoms with E-state index in [2.05, 4.69) is 23.3 Å². The summed E-state index contributed by atoms with van der Waals surface area (Å²) in [7, 11) is 1.65. The number of ether oxygens (including phenoxy) is 1. The standard InChI is InChI=1S/C23H31N3O3S/c1-17(14-21-4-3-13-30-21)26(15-18-5-7-20(29-2)8-6-18)22(27)16-25-11-9-19(10-12-25)23(24)28/h3-8,13,17,19H,9-12,14-16H2,1-2H3,(H2,24,28)/t17-/m0/s1. The smallest absolute Gasteiger partial charge is 0.237 e. The molecule has 1 aliphatic heterocycles. The summed E-state index contributed by atoms with van der Waals surface area (Å²) in [6.07, 6.45) is 2.29. The van der Waals surface area contributed by atoms with Crippen LogP contribution in [0.5, 0.6) is 5.75 Å². The van der Waals surface area contributed by atoms with E-state index in [1.807, 2.05) is 35.2 Å². The molecule has 6 nitrogen and oxygen atoms in total. The molecule has 1 atom stereocenters. The number of piperidine rings is 1. The Morgan fingerprint density at radius 2 is 1.93 bits per heavy atom. The quantitative estimate of drug-likeness (QED) is 0.665. The second-order valence-electron chi connectivity index (χ2n) is 7.96. The number of thiophene rings is 1. The zero-order valence-corrected chi connectivity index (χ0v) is 18.6. The van der Waals surface area contributed by atoms with Crippen LogP contribution < -0.4 is 10.5 Å². The maximum absolute atomic E-state index is 13.3. The Morgan fingerprint density at radius 3 is 2.50 bits per heavy atom. The number of primary amides is 1. The molecule has 2 amide bonds. The third-order valence-electron chi connectivity index (χ3n) is 5.79. The summed E-state index contributed by atoms with van der Waals surface area (Å²) in [6.45, 7) is 4.51. The molecule has 0 radical (unpaired) electrons. The van der Waals surface area contributed by atoms with Gasteiger partial charge in [-0.3, -0.25) is 14.5 Å². The molecule has 2 aromatic rings. The lowest BCUT2D eigenvalue weighted by Crippen LogP contribution is -2.47. The molecule has 2 heterocycles. The molecule has 3 rings (SSSR count). The van der Waals surface area contributed by atoms with E-state index in [-0.39, 0.29) is 23.8 Å². The topological polar surface area (TPSA) is 75.9 Å². The van der Waals surface area contributed by atoms with Crippen LogP contribution in [-0.2, 0) is 22.6 Å². The Kier molecular flexibility index (Phi) is 7.87. The van der Waals surface area contributed by atoms with Crippen molar-refractivity contribution in [3.63, 3.8) is 0 Å². The predicted molar refractivity (Wildman–Crippen MR) is 119 cm³/mol. The molecule has 7 heteroatoms. The van der Waals surface area contributed by atoms with Gasteiger partial charge in [-0.1, -0.05) is 18.2 Å². The number of likely N-dealkylation sites (tertiary alicyclic amines) is 1. The monoisotopic (exact) mass is 429 g/mol. The van der Waals surface area contributed by atoms with Crippen molar-refractivity contribution in [2.24, 2.45) is 11.7 Å². The molecule has 162 valence electrons. The lowest BCUT2D eigenvalue weighted by molar-refractivity contribution is -0.135. The van der Waals surface area contributed by atoms with E-state index in [9.17, 15) is 9.59 Å². The van der Waals surface area contributed by atoms with Gasteiger partial charge in [0, 0.05) is 29.8 Å². The second-order valence-corrected chi connectivity index (χ2v) is 8.99. The lowest BCUT2D eigenvalue weighted by Gasteiger charge is -2.34. The van der Waals surface area contributed by atoms with Crippen molar-refractivity contribution in [1.29, 1.82) is 0 Å². The average Bonchev–Trinajstić information content (AvgIpc) is 3.25. The Bertz CT molecular complexity index is 815. The first-order chi connectivity index (χ1) is 14.5. The summed E-state index contributed by atoms with van der Waals surface area (Å²) < 4.78 is 5.25. The summed E-state index contributed by atoms with van der Waals surface area (Å²) >= 11 is 1.72. The molecule has 0 unspecified atom stereocenters. The van der Waals surface area contributed by atoms with Gasteiger partial charge in [-0.25, -0.2) is 0 Å². The molecular weight excluding hydrogens is 398 g/mol. The number of benzene rings is 1. The highest BCUT2D eigenvalue weighted by molar-refractivity contribution is 7.09. The van der Waals surface area contributed by atoms with Crippen LogP contribution in [0.25, 0.3) is 0 Å². The molecular formula is C23H31N3O3S. The van der Waals surface area contributed by atoms with Crippen molar-refractivity contribution in [2.75, 3.05) is 26.7 Å². The molecule has 1 aliphatic rings. The number of hydrogen-bond acceptors (Lipinski definition) is 5. The van der Waals surface area contributed by atoms with Crippen LogP contribution in [-0.4, -0.2) is 54.4 Å². The van der Waals surface area contributed by atoms with E-state index in [1.54, 1.807) is 18.4 Å². The molecule has 0 aliphatic carbocycles. The Balaban J connectivity index is 1.67. The molecule has 0 saturated carbocycles. The van der Waals surface area contributed by atoms with Gasteiger partial charge in [0.1, 0.15) is 5.75 Å². The summed E-state index contributed by atoms with van der Waals surface area (Å²) in [5.74, 6) is 0.629. The van der Waals surface area contributed by atoms with Gasteiger partial charge in [0.15, 0.2) is 0 Å². The van der Waals surface area contributed by atoms with Gasteiger partial charge in [0.05, 0.1) is 13.7 Å². The fourth-order valence-electron chi connectivity index (χ4n) is 3.91. The summed E-state index contributed by atoms with van der Waals surface area (Å²) in [5.41, 5.74) is 6.51. The van der Waals surface area contributed by atoms with Crippen molar-refractivity contribution in [2.45, 2.75) is 38.8 Å². The van der Waals surface area contributed by atoms with Crippen molar-refractivity contribution in [3.8, 4) is 5.75 Å². The fraction of sp³-hybridized carbons (Fsp3) is 0.478. The van der Waals surface area contributed by atoms with Crippen molar-refractivity contribution in [3.05, 3.63) is 52.2 Å². The minimum Gasteiger partial charge on any atom is -0.497 e. The first-order valence-corrected chi connectivity index (χ1v) is 11.3. The summed E-state index contributed by atoms with van der Waals surface area (Å²) in [5, 5.41) is 2.07. The number of nitrogens with two attached hydrogens (primary N) is 1. The van der Waals surface area contributed by atoms with Crippen molar-refractivity contribution < 1.29 is 14.3 Å². The van der Waals surface area contributed by atoms with Gasteiger partial charge < -0.3 is 15.4 Å². The first kappa shape index (κ1) is 22.3. The number of amides is 2. The lowest BCUT2D eigenvalue weighted by atomic mass is 9.96. The highest BCUT2D eigenvalue weighted by Gasteiger charge is 2.27. The molecule has 1 saturated heterocycles. The highest BCUT2D eigenvalue weighted by atomic mass is 32.1. The van der Waals surface area contributed by atoms with E-state index in [0.717, 1.165) is 43.7 Å². The summed E-state index contributed by atoms with van der Waals surface area (Å²) in [4.78, 5) is 30.1. The van der Waals surface area contributed by atoms with E-state index in [4.69, 9.17) is 10.5 Å². The second kappa shape index (κ2) is 10.6. The normalized spacial score (nSPS) is 16.2. The third kappa shape index (κ3) is 6.06. The number of carbonyl (C=O) groups is 2. The number of hydrogen-bond donors (Lipinski definition) is 1. The van der Waals surface area contributed by atoms with Gasteiger partial charge in [-0.05, 0) is 62.0 Å². The Morgan fingerprint density at radius 1 is 1.23 bits per heavy atom. The van der Waals surface area contributed by atoms with Crippen LogP contribution in [0.15, 0.2) is 41.8 Å². The number of methoxy groups -OCH3 is 1. The van der Waals surface area contributed by atoms with Crippen LogP contribution in [0.1, 0.15) is 30.2 Å². The van der Waals surface area contributed by atoms with E-state index in [0.29, 0.717) is 13.1 Å². The van der Waals surface area contributed by atoms with Gasteiger partial charge in [0.25, 0.3) is 0 Å². The van der Waals surface area contributed by atoms with Crippen molar-refractivity contribution in [1.82, 2.24) is 9.80 Å². The van der Waals surface area contributed by atoms with E-state index in [1.165, 1.54) is 4.88 Å². The minimum absolute atomic E-state index is 0.0653. The zero-order valence-electron chi connectivity index (χ0n) is 17.8. The Labute approximate surface area is 182 Å². The molecule has 2 N–H and O–H groups in total. The zero-order chi connectivity index (χ0) is 21.5. The van der Waals surface area contributed by atoms with Crippen LogP contribution in [0.4, 0.5) is 0 Å². The maximum Gasteiger partial charge on any atom is 0.237 e. The summed E-state index contributed by atoms with van der Waals surface area (Å²) in [6, 6.07) is 12.1.